The van der Waals surface area contributed by atoms with Crippen LogP contribution >= 0.6 is 11.3 Å². The van der Waals surface area contributed by atoms with Gasteiger partial charge in [-0.25, -0.2) is 4.68 Å². The van der Waals surface area contributed by atoms with E-state index < -0.39 is 5.60 Å². The van der Waals surface area contributed by atoms with Crippen LogP contribution in [0.15, 0.2) is 64.8 Å². The summed E-state index contributed by atoms with van der Waals surface area (Å²) >= 11 is 1.79. The van der Waals surface area contributed by atoms with Crippen LogP contribution in [0.1, 0.15) is 30.6 Å². The van der Waals surface area contributed by atoms with Crippen LogP contribution in [0.4, 0.5) is 0 Å². The lowest BCUT2D eigenvalue weighted by Gasteiger charge is -2.43. The first kappa shape index (κ1) is 18.7. The van der Waals surface area contributed by atoms with Crippen LogP contribution in [-0.4, -0.2) is 37.5 Å². The molecule has 0 amide bonds. The molecule has 0 aliphatic carbocycles. The van der Waals surface area contributed by atoms with Crippen LogP contribution in [0.2, 0.25) is 0 Å². The number of aliphatic hydroxyl groups is 1. The summed E-state index contributed by atoms with van der Waals surface area (Å²) in [6.07, 6.45) is 3.62. The Hall–Kier alpha value is -2.28. The van der Waals surface area contributed by atoms with Gasteiger partial charge in [0.05, 0.1) is 17.8 Å². The van der Waals surface area contributed by atoms with Gasteiger partial charge in [-0.05, 0) is 43.2 Å². The van der Waals surface area contributed by atoms with Crippen molar-refractivity contribution in [3.63, 3.8) is 0 Å². The lowest BCUT2D eigenvalue weighted by molar-refractivity contribution is -0.0674. The molecule has 6 heteroatoms. The maximum atomic E-state index is 12.5. The van der Waals surface area contributed by atoms with Crippen molar-refractivity contribution >= 4 is 11.3 Å². The summed E-state index contributed by atoms with van der Waals surface area (Å²) in [5.74, 6) is 0. The molecule has 150 valence electrons. The first-order chi connectivity index (χ1) is 14.1. The fourth-order valence-corrected chi connectivity index (χ4v) is 5.70. The van der Waals surface area contributed by atoms with Crippen molar-refractivity contribution in [1.82, 2.24) is 14.7 Å². The zero-order chi connectivity index (χ0) is 19.8. The van der Waals surface area contributed by atoms with E-state index in [2.05, 4.69) is 27.5 Å². The van der Waals surface area contributed by atoms with E-state index in [1.165, 1.54) is 9.56 Å². The van der Waals surface area contributed by atoms with Crippen LogP contribution in [0, 0.1) is 0 Å². The summed E-state index contributed by atoms with van der Waals surface area (Å²) in [5.41, 5.74) is 0.682. The van der Waals surface area contributed by atoms with Crippen LogP contribution in [-0.2, 0) is 13.1 Å². The molecule has 3 aromatic rings. The number of hydrogen-bond donors (Lipinski definition) is 1. The predicted molar refractivity (Wildman–Crippen MR) is 115 cm³/mol. The highest BCUT2D eigenvalue weighted by molar-refractivity contribution is 7.09. The normalized spacial score (nSPS) is 26.7. The first-order valence-corrected chi connectivity index (χ1v) is 11.1. The van der Waals surface area contributed by atoms with Crippen molar-refractivity contribution in [2.75, 3.05) is 0 Å². The molecule has 2 aliphatic rings. The molecule has 2 aromatic heterocycles. The molecular weight excluding hydrogens is 382 g/mol. The molecule has 2 aliphatic heterocycles. The third-order valence-electron chi connectivity index (χ3n) is 6.30. The summed E-state index contributed by atoms with van der Waals surface area (Å²) < 4.78 is 1.46. The standard InChI is InChI=1S/C23H25N3O2S/c27-22-11-10-21(17-5-2-1-3-6-17)24-26(22)16-23(28)13-18-8-9-19(14-23)25(18)15-20-7-4-12-29-20/h1-7,10-12,18-19,28H,8-9,13-16H2. The van der Waals surface area contributed by atoms with Gasteiger partial charge in [-0.1, -0.05) is 36.4 Å². The van der Waals surface area contributed by atoms with Gasteiger partial charge in [0, 0.05) is 35.1 Å². The molecule has 2 atom stereocenters. The quantitative estimate of drug-likeness (QED) is 0.703. The Kier molecular flexibility index (Phi) is 4.86. The van der Waals surface area contributed by atoms with E-state index in [1.807, 2.05) is 30.3 Å². The minimum absolute atomic E-state index is 0.161. The third-order valence-corrected chi connectivity index (χ3v) is 7.16. The lowest BCUT2D eigenvalue weighted by Crippen LogP contribution is -2.53. The lowest BCUT2D eigenvalue weighted by atomic mass is 9.86. The molecule has 2 bridgehead atoms. The number of rotatable bonds is 5. The summed E-state index contributed by atoms with van der Waals surface area (Å²) in [7, 11) is 0. The minimum atomic E-state index is -0.885. The number of aromatic nitrogens is 2. The highest BCUT2D eigenvalue weighted by atomic mass is 32.1. The summed E-state index contributed by atoms with van der Waals surface area (Å²) in [6, 6.07) is 18.2. The van der Waals surface area contributed by atoms with Gasteiger partial charge < -0.3 is 5.11 Å². The van der Waals surface area contributed by atoms with Crippen molar-refractivity contribution in [2.24, 2.45) is 0 Å². The van der Waals surface area contributed by atoms with E-state index in [0.717, 1.165) is 30.6 Å². The van der Waals surface area contributed by atoms with E-state index in [4.69, 9.17) is 0 Å². The largest absolute Gasteiger partial charge is 0.388 e. The highest BCUT2D eigenvalue weighted by Gasteiger charge is 2.47. The molecule has 1 aromatic carbocycles. The van der Waals surface area contributed by atoms with Crippen LogP contribution in [0.5, 0.6) is 0 Å². The van der Waals surface area contributed by atoms with Crippen molar-refractivity contribution < 1.29 is 5.11 Å². The molecule has 5 rings (SSSR count). The van der Waals surface area contributed by atoms with E-state index in [-0.39, 0.29) is 12.1 Å². The van der Waals surface area contributed by atoms with Crippen molar-refractivity contribution in [2.45, 2.75) is 56.5 Å². The summed E-state index contributed by atoms with van der Waals surface area (Å²) in [5, 5.41) is 18.1. The monoisotopic (exact) mass is 407 g/mol. The molecule has 0 saturated carbocycles. The topological polar surface area (TPSA) is 58.4 Å². The zero-order valence-electron chi connectivity index (χ0n) is 16.3. The van der Waals surface area contributed by atoms with Crippen molar-refractivity contribution in [1.29, 1.82) is 0 Å². The van der Waals surface area contributed by atoms with Gasteiger partial charge >= 0.3 is 0 Å². The van der Waals surface area contributed by atoms with Crippen LogP contribution in [0.25, 0.3) is 11.3 Å². The second kappa shape index (κ2) is 7.52. The molecule has 4 heterocycles. The Morgan fingerprint density at radius 3 is 2.48 bits per heavy atom. The van der Waals surface area contributed by atoms with E-state index in [0.29, 0.717) is 24.9 Å². The second-order valence-electron chi connectivity index (χ2n) is 8.35. The average Bonchev–Trinajstić information content (AvgIpc) is 3.32. The maximum absolute atomic E-state index is 12.5. The van der Waals surface area contributed by atoms with E-state index >= 15 is 0 Å². The number of hydrogen-bond acceptors (Lipinski definition) is 5. The Labute approximate surface area is 174 Å². The number of benzene rings is 1. The predicted octanol–water partition coefficient (Wildman–Crippen LogP) is 3.53. The fraction of sp³-hybridized carbons (Fsp3) is 0.391. The second-order valence-corrected chi connectivity index (χ2v) is 9.38. The smallest absolute Gasteiger partial charge is 0.266 e. The van der Waals surface area contributed by atoms with Crippen LogP contribution < -0.4 is 5.56 Å². The van der Waals surface area contributed by atoms with Crippen LogP contribution in [0.3, 0.4) is 0 Å². The molecule has 0 spiro atoms. The highest BCUT2D eigenvalue weighted by Crippen LogP contribution is 2.42. The summed E-state index contributed by atoms with van der Waals surface area (Å²) in [4.78, 5) is 16.4. The number of nitrogens with zero attached hydrogens (tertiary/aromatic N) is 3. The molecule has 2 saturated heterocycles. The molecule has 2 unspecified atom stereocenters. The Morgan fingerprint density at radius 1 is 1.03 bits per heavy atom. The van der Waals surface area contributed by atoms with Gasteiger partial charge in [-0.2, -0.15) is 5.10 Å². The molecule has 2 fully saturated rings. The van der Waals surface area contributed by atoms with E-state index in [1.54, 1.807) is 23.5 Å². The summed E-state index contributed by atoms with van der Waals surface area (Å²) in [6.45, 7) is 1.22. The SMILES string of the molecule is O=c1ccc(-c2ccccc2)nn1CC1(O)CC2CCC(C1)N2Cc1cccs1. The number of thiophene rings is 1. The van der Waals surface area contributed by atoms with Gasteiger partial charge in [0.15, 0.2) is 0 Å². The Balaban J connectivity index is 1.35. The van der Waals surface area contributed by atoms with Crippen molar-refractivity contribution in [3.8, 4) is 11.3 Å². The van der Waals surface area contributed by atoms with Gasteiger partial charge in [-0.15, -0.1) is 11.3 Å². The number of piperidine rings is 1. The third kappa shape index (κ3) is 3.80. The first-order valence-electron chi connectivity index (χ1n) is 10.2. The average molecular weight is 408 g/mol. The molecule has 29 heavy (non-hydrogen) atoms. The minimum Gasteiger partial charge on any atom is -0.388 e. The fourth-order valence-electron chi connectivity index (χ4n) is 4.99. The van der Waals surface area contributed by atoms with Gasteiger partial charge in [0.2, 0.25) is 0 Å². The zero-order valence-corrected chi connectivity index (χ0v) is 17.1. The Morgan fingerprint density at radius 2 is 1.79 bits per heavy atom. The number of fused-ring (bicyclic) bond motifs is 2. The molecule has 1 N–H and O–H groups in total. The molecule has 5 nitrogen and oxygen atoms in total. The van der Waals surface area contributed by atoms with E-state index in [9.17, 15) is 9.90 Å². The molecular formula is C23H25N3O2S. The van der Waals surface area contributed by atoms with Crippen molar-refractivity contribution in [3.05, 3.63) is 75.2 Å². The molecule has 0 radical (unpaired) electrons. The van der Waals surface area contributed by atoms with Gasteiger partial charge in [0.1, 0.15) is 0 Å². The van der Waals surface area contributed by atoms with Gasteiger partial charge in [-0.3, -0.25) is 9.69 Å². The Bertz CT molecular complexity index is 1020. The maximum Gasteiger partial charge on any atom is 0.266 e. The van der Waals surface area contributed by atoms with Gasteiger partial charge in [0.25, 0.3) is 5.56 Å².